The summed E-state index contributed by atoms with van der Waals surface area (Å²) in [7, 11) is 0. The molecule has 2 aromatic rings. The summed E-state index contributed by atoms with van der Waals surface area (Å²) in [4.78, 5) is 50.6. The number of rotatable bonds is 7. The summed E-state index contributed by atoms with van der Waals surface area (Å²) in [5.74, 6) is 0.883. The van der Waals surface area contributed by atoms with Gasteiger partial charge in [-0.05, 0) is 42.2 Å². The minimum absolute atomic E-state index is 0.0204. The Morgan fingerprint density at radius 2 is 1.93 bits per heavy atom. The highest BCUT2D eigenvalue weighted by atomic mass is 16.2. The minimum atomic E-state index is -0.550. The van der Waals surface area contributed by atoms with Crippen LogP contribution in [0.2, 0.25) is 0 Å². The first-order valence-corrected chi connectivity index (χ1v) is 13.9. The van der Waals surface area contributed by atoms with Crippen molar-refractivity contribution in [2.75, 3.05) is 26.2 Å². The van der Waals surface area contributed by atoms with Crippen LogP contribution < -0.4 is 16.0 Å². The molecule has 0 spiro atoms. The molecule has 218 valence electrons. The largest absolute Gasteiger partial charge is 0.356 e. The van der Waals surface area contributed by atoms with Crippen molar-refractivity contribution < 1.29 is 19.2 Å². The lowest BCUT2D eigenvalue weighted by Crippen LogP contribution is -2.39. The van der Waals surface area contributed by atoms with Crippen molar-refractivity contribution in [3.8, 4) is 6.07 Å². The highest BCUT2D eigenvalue weighted by Crippen LogP contribution is 2.34. The summed E-state index contributed by atoms with van der Waals surface area (Å²) < 4.78 is 0. The smallest absolute Gasteiger partial charge is 0.268 e. The van der Waals surface area contributed by atoms with Crippen LogP contribution in [0.5, 0.6) is 0 Å². The van der Waals surface area contributed by atoms with Gasteiger partial charge in [-0.1, -0.05) is 59.7 Å². The summed E-state index contributed by atoms with van der Waals surface area (Å²) >= 11 is 0. The van der Waals surface area contributed by atoms with E-state index in [0.717, 1.165) is 36.3 Å². The third-order valence-corrected chi connectivity index (χ3v) is 7.06. The monoisotopic (exact) mass is 552 g/mol. The fourth-order valence-electron chi connectivity index (χ4n) is 4.43. The van der Waals surface area contributed by atoms with E-state index in [0.29, 0.717) is 31.0 Å². The lowest BCUT2D eigenvalue weighted by Gasteiger charge is -2.22. The highest BCUT2D eigenvalue weighted by Gasteiger charge is 2.38. The lowest BCUT2D eigenvalue weighted by atomic mass is 9.84. The molecule has 40 heavy (non-hydrogen) atoms. The van der Waals surface area contributed by atoms with Gasteiger partial charge in [-0.2, -0.15) is 5.26 Å². The van der Waals surface area contributed by atoms with Crippen molar-refractivity contribution >= 4 is 35.0 Å². The van der Waals surface area contributed by atoms with Gasteiger partial charge in [0.25, 0.3) is 5.91 Å². The number of para-hydroxylation sites is 1. The maximum atomic E-state index is 12.3. The van der Waals surface area contributed by atoms with Gasteiger partial charge in [-0.15, -0.1) is 0 Å². The molecule has 0 aliphatic carbocycles. The molecule has 1 aromatic heterocycles. The van der Waals surface area contributed by atoms with E-state index in [9.17, 15) is 19.2 Å². The van der Waals surface area contributed by atoms with E-state index in [1.165, 1.54) is 0 Å². The van der Waals surface area contributed by atoms with Crippen LogP contribution in [-0.2, 0) is 14.4 Å². The van der Waals surface area contributed by atoms with E-state index >= 15 is 0 Å². The molecule has 2 aliphatic heterocycles. The Labute approximate surface area is 237 Å². The molecule has 3 atom stereocenters. The molecule has 4 rings (SSSR count). The third-order valence-electron chi connectivity index (χ3n) is 7.06. The van der Waals surface area contributed by atoms with Crippen LogP contribution in [0.3, 0.4) is 0 Å². The van der Waals surface area contributed by atoms with E-state index in [1.54, 1.807) is 6.07 Å². The third kappa shape index (κ3) is 9.70. The van der Waals surface area contributed by atoms with Crippen molar-refractivity contribution in [3.05, 3.63) is 36.0 Å². The van der Waals surface area contributed by atoms with Gasteiger partial charge in [-0.3, -0.25) is 19.2 Å². The molecule has 10 nitrogen and oxygen atoms in total. The SMILES string of the molecule is CC(C)C.CC1CN(C(=O)CNC(=O)c2cc3ccccc3[nH]2)CC1(C)C.N#CC(CC1CCNC1=O)NC=O. The second-order valence-corrected chi connectivity index (χ2v) is 11.8. The number of hydrogen-bond donors (Lipinski definition) is 4. The van der Waals surface area contributed by atoms with Gasteiger partial charge in [0.2, 0.25) is 18.2 Å². The first kappa shape index (κ1) is 32.3. The Morgan fingerprint density at radius 1 is 1.25 bits per heavy atom. The second kappa shape index (κ2) is 15.1. The van der Waals surface area contributed by atoms with E-state index in [-0.39, 0.29) is 35.6 Å². The fraction of sp³-hybridized carbons (Fsp3) is 0.567. The molecule has 0 saturated carbocycles. The standard InChI is InChI=1S/C18H23N3O2.C8H11N3O2.C4H10/c1-12-10-21(11-18(12,2)3)16(22)9-19-17(23)15-8-13-6-4-5-7-14(13)20-15;9-4-7(11-5-12)3-6-1-2-10-8(6)13;1-4(2)3/h4-8,12,20H,9-11H2,1-3H3,(H,19,23);5-7H,1-3H2,(H,10,13)(H,11,12);4H,1-3H3. The number of hydrogen-bond acceptors (Lipinski definition) is 5. The number of benzene rings is 1. The van der Waals surface area contributed by atoms with Crippen molar-refractivity contribution in [3.63, 3.8) is 0 Å². The van der Waals surface area contributed by atoms with E-state index in [4.69, 9.17) is 5.26 Å². The van der Waals surface area contributed by atoms with Crippen LogP contribution in [0.1, 0.15) is 64.9 Å². The Hall–Kier alpha value is -3.87. The molecule has 0 bridgehead atoms. The number of fused-ring (bicyclic) bond motifs is 1. The molecular formula is C30H44N6O4. The number of carbonyl (C=O) groups excluding carboxylic acids is 4. The normalized spacial score (nSPS) is 19.9. The number of likely N-dealkylation sites (tertiary alicyclic amines) is 1. The van der Waals surface area contributed by atoms with Gasteiger partial charge in [0.1, 0.15) is 11.7 Å². The molecule has 10 heteroatoms. The maximum Gasteiger partial charge on any atom is 0.268 e. The maximum absolute atomic E-state index is 12.3. The van der Waals surface area contributed by atoms with Crippen molar-refractivity contribution in [2.45, 2.75) is 60.4 Å². The summed E-state index contributed by atoms with van der Waals surface area (Å²) in [5, 5.41) is 17.3. The Bertz CT molecular complexity index is 1160. The van der Waals surface area contributed by atoms with Gasteiger partial charge in [0, 0.05) is 36.5 Å². The number of H-pyrrole nitrogens is 1. The zero-order chi connectivity index (χ0) is 29.9. The van der Waals surface area contributed by atoms with Crippen LogP contribution in [-0.4, -0.2) is 66.2 Å². The molecule has 4 N–H and O–H groups in total. The van der Waals surface area contributed by atoms with Gasteiger partial charge >= 0.3 is 0 Å². The highest BCUT2D eigenvalue weighted by molar-refractivity contribution is 5.99. The van der Waals surface area contributed by atoms with Crippen LogP contribution in [0.4, 0.5) is 0 Å². The fourth-order valence-corrected chi connectivity index (χ4v) is 4.43. The first-order chi connectivity index (χ1) is 18.9. The van der Waals surface area contributed by atoms with Gasteiger partial charge in [-0.25, -0.2) is 0 Å². The second-order valence-electron chi connectivity index (χ2n) is 11.8. The molecule has 1 aromatic carbocycles. The summed E-state index contributed by atoms with van der Waals surface area (Å²) in [6.45, 7) is 15.2. The average molecular weight is 553 g/mol. The molecule has 2 fully saturated rings. The number of carbonyl (C=O) groups is 4. The zero-order valence-corrected chi connectivity index (χ0v) is 24.5. The minimum Gasteiger partial charge on any atom is -0.356 e. The van der Waals surface area contributed by atoms with Crippen LogP contribution in [0.15, 0.2) is 30.3 Å². The number of nitriles is 1. The quantitative estimate of drug-likeness (QED) is 0.390. The molecule has 0 radical (unpaired) electrons. The topological polar surface area (TPSA) is 147 Å². The Kier molecular flexibility index (Phi) is 12.2. The Balaban J connectivity index is 0.000000278. The molecule has 3 unspecified atom stereocenters. The van der Waals surface area contributed by atoms with Gasteiger partial charge < -0.3 is 25.8 Å². The van der Waals surface area contributed by atoms with Crippen molar-refractivity contribution in [1.29, 1.82) is 5.26 Å². The van der Waals surface area contributed by atoms with Crippen LogP contribution in [0, 0.1) is 34.5 Å². The van der Waals surface area contributed by atoms with Crippen LogP contribution >= 0.6 is 0 Å². The van der Waals surface area contributed by atoms with Crippen molar-refractivity contribution in [2.24, 2.45) is 23.2 Å². The number of amides is 4. The molecular weight excluding hydrogens is 508 g/mol. The predicted molar refractivity (Wildman–Crippen MR) is 155 cm³/mol. The number of nitrogens with zero attached hydrogens (tertiary/aromatic N) is 2. The Morgan fingerprint density at radius 3 is 2.45 bits per heavy atom. The van der Waals surface area contributed by atoms with E-state index in [2.05, 4.69) is 62.5 Å². The number of aromatic nitrogens is 1. The van der Waals surface area contributed by atoms with Crippen LogP contribution in [0.25, 0.3) is 10.9 Å². The predicted octanol–water partition coefficient (Wildman–Crippen LogP) is 3.22. The average Bonchev–Trinajstić information content (AvgIpc) is 3.59. The summed E-state index contributed by atoms with van der Waals surface area (Å²) in [5.41, 5.74) is 1.53. The van der Waals surface area contributed by atoms with Gasteiger partial charge in [0.05, 0.1) is 12.6 Å². The van der Waals surface area contributed by atoms with E-state index in [1.807, 2.05) is 35.2 Å². The summed E-state index contributed by atoms with van der Waals surface area (Å²) in [6.07, 6.45) is 1.64. The molecule has 3 heterocycles. The zero-order valence-electron chi connectivity index (χ0n) is 24.5. The van der Waals surface area contributed by atoms with Crippen molar-refractivity contribution in [1.82, 2.24) is 25.8 Å². The molecule has 2 aliphatic rings. The van der Waals surface area contributed by atoms with E-state index < -0.39 is 6.04 Å². The number of nitrogens with one attached hydrogen (secondary N) is 4. The lowest BCUT2D eigenvalue weighted by molar-refractivity contribution is -0.129. The van der Waals surface area contributed by atoms with Gasteiger partial charge in [0.15, 0.2) is 0 Å². The summed E-state index contributed by atoms with van der Waals surface area (Å²) in [6, 6.07) is 10.9. The number of aromatic amines is 1. The molecule has 2 saturated heterocycles. The first-order valence-electron chi connectivity index (χ1n) is 13.9. The molecule has 4 amide bonds.